The molecule has 2 aromatic carbocycles. The Bertz CT molecular complexity index is 1810. The van der Waals surface area contributed by atoms with E-state index in [1.807, 2.05) is 0 Å². The van der Waals surface area contributed by atoms with E-state index in [0.717, 1.165) is 64.8 Å². The summed E-state index contributed by atoms with van der Waals surface area (Å²) < 4.78 is 8.88. The molecular formula is C40H48N4O2. The van der Waals surface area contributed by atoms with Gasteiger partial charge in [-0.15, -0.1) is 0 Å². The number of carbonyl (C=O) groups is 1. The molecule has 1 aliphatic carbocycles. The minimum Gasteiger partial charge on any atom is -0.469 e. The molecule has 2 saturated heterocycles. The minimum absolute atomic E-state index is 0.0118. The Morgan fingerprint density at radius 1 is 1.00 bits per heavy atom. The number of piperidine rings is 1. The molecule has 1 spiro atoms. The molecule has 7 heterocycles. The van der Waals surface area contributed by atoms with E-state index in [1.54, 1.807) is 18.4 Å². The van der Waals surface area contributed by atoms with Crippen LogP contribution in [0.25, 0.3) is 10.9 Å². The van der Waals surface area contributed by atoms with Gasteiger partial charge >= 0.3 is 5.97 Å². The van der Waals surface area contributed by atoms with Crippen LogP contribution < -0.4 is 5.32 Å². The number of methoxy groups -OCH3 is 1. The van der Waals surface area contributed by atoms with E-state index < -0.39 is 5.41 Å². The number of hydrogen-bond acceptors (Lipinski definition) is 5. The lowest BCUT2D eigenvalue weighted by atomic mass is 9.40. The van der Waals surface area contributed by atoms with Crippen molar-refractivity contribution in [3.63, 3.8) is 0 Å². The first-order valence-electron chi connectivity index (χ1n) is 18.2. The molecule has 7 aliphatic rings. The number of aromatic nitrogens is 1. The largest absolute Gasteiger partial charge is 0.469 e. The van der Waals surface area contributed by atoms with Gasteiger partial charge in [-0.1, -0.05) is 62.4 Å². The summed E-state index contributed by atoms with van der Waals surface area (Å²) in [6.07, 6.45) is 12.5. The van der Waals surface area contributed by atoms with Crippen LogP contribution in [0.15, 0.2) is 60.7 Å². The smallest absolute Gasteiger partial charge is 0.314 e. The molecule has 1 saturated carbocycles. The Labute approximate surface area is 273 Å². The summed E-state index contributed by atoms with van der Waals surface area (Å²) in [4.78, 5) is 21.0. The molecule has 8 atom stereocenters. The first kappa shape index (κ1) is 28.0. The molecule has 240 valence electrons. The lowest BCUT2D eigenvalue weighted by molar-refractivity contribution is -0.193. The van der Waals surface area contributed by atoms with E-state index in [9.17, 15) is 0 Å². The van der Waals surface area contributed by atoms with Gasteiger partial charge in [0.1, 0.15) is 0 Å². The van der Waals surface area contributed by atoms with Crippen molar-refractivity contribution in [2.24, 2.45) is 22.2 Å². The van der Waals surface area contributed by atoms with Gasteiger partial charge in [-0.25, -0.2) is 0 Å². The van der Waals surface area contributed by atoms with Crippen molar-refractivity contribution in [1.29, 1.82) is 0 Å². The average Bonchev–Trinajstić information content (AvgIpc) is 3.78. The quantitative estimate of drug-likeness (QED) is 0.261. The molecule has 3 aromatic rings. The number of esters is 1. The Hall–Kier alpha value is -3.09. The highest BCUT2D eigenvalue weighted by Gasteiger charge is 2.78. The Morgan fingerprint density at radius 3 is 2.70 bits per heavy atom. The van der Waals surface area contributed by atoms with Gasteiger partial charge in [0, 0.05) is 64.7 Å². The van der Waals surface area contributed by atoms with Gasteiger partial charge in [0.05, 0.1) is 24.6 Å². The molecule has 10 rings (SSSR count). The van der Waals surface area contributed by atoms with Crippen LogP contribution in [0.2, 0.25) is 0 Å². The van der Waals surface area contributed by atoms with Gasteiger partial charge in [-0.05, 0) is 86.7 Å². The predicted octanol–water partition coefficient (Wildman–Crippen LogP) is 6.70. The third-order valence-electron chi connectivity index (χ3n) is 15.0. The zero-order valence-electron chi connectivity index (χ0n) is 27.7. The maximum Gasteiger partial charge on any atom is 0.314 e. The summed E-state index contributed by atoms with van der Waals surface area (Å²) in [5.74, 6) is 0.156. The second-order valence-electron chi connectivity index (χ2n) is 15.9. The Balaban J connectivity index is 1.29. The Morgan fingerprint density at radius 2 is 1.85 bits per heavy atom. The van der Waals surface area contributed by atoms with Gasteiger partial charge in [0.2, 0.25) is 0 Å². The fourth-order valence-corrected chi connectivity index (χ4v) is 13.6. The van der Waals surface area contributed by atoms with Crippen LogP contribution >= 0.6 is 0 Å². The number of hydrogen-bond donors (Lipinski definition) is 1. The van der Waals surface area contributed by atoms with Crippen LogP contribution in [0, 0.1) is 22.2 Å². The van der Waals surface area contributed by atoms with E-state index in [2.05, 4.69) is 94.2 Å². The zero-order valence-corrected chi connectivity index (χ0v) is 27.7. The van der Waals surface area contributed by atoms with Crippen LogP contribution in [0.4, 0.5) is 5.69 Å². The molecule has 0 bridgehead atoms. The first-order valence-corrected chi connectivity index (χ1v) is 18.2. The van der Waals surface area contributed by atoms with Gasteiger partial charge in [0.15, 0.2) is 0 Å². The molecule has 0 amide bonds. The number of nitrogens with zero attached hydrogens (tertiary/aromatic N) is 3. The number of benzene rings is 2. The first-order chi connectivity index (χ1) is 22.5. The molecule has 46 heavy (non-hydrogen) atoms. The maximum atomic E-state index is 15.4. The van der Waals surface area contributed by atoms with Crippen molar-refractivity contribution in [3.05, 3.63) is 77.5 Å². The van der Waals surface area contributed by atoms with Crippen molar-refractivity contribution in [1.82, 2.24) is 14.4 Å². The van der Waals surface area contributed by atoms with Crippen LogP contribution in [-0.4, -0.2) is 65.7 Å². The van der Waals surface area contributed by atoms with Gasteiger partial charge in [-0.3, -0.25) is 14.6 Å². The number of para-hydroxylation sites is 2. The Kier molecular flexibility index (Phi) is 5.65. The minimum atomic E-state index is -0.697. The van der Waals surface area contributed by atoms with Gasteiger partial charge in [0.25, 0.3) is 0 Å². The number of anilines is 1. The fourth-order valence-electron chi connectivity index (χ4n) is 13.6. The topological polar surface area (TPSA) is 49.7 Å². The lowest BCUT2D eigenvalue weighted by Gasteiger charge is -2.68. The number of fused-ring (bicyclic) bond motifs is 4. The predicted molar refractivity (Wildman–Crippen MR) is 182 cm³/mol. The van der Waals surface area contributed by atoms with E-state index >= 15 is 4.79 Å². The molecule has 6 aliphatic heterocycles. The van der Waals surface area contributed by atoms with Crippen molar-refractivity contribution >= 4 is 22.6 Å². The zero-order chi connectivity index (χ0) is 31.1. The molecular weight excluding hydrogens is 568 g/mol. The van der Waals surface area contributed by atoms with Crippen LogP contribution in [0.1, 0.15) is 75.2 Å². The van der Waals surface area contributed by atoms with Crippen molar-refractivity contribution in [2.45, 2.75) is 88.9 Å². The monoisotopic (exact) mass is 616 g/mol. The number of ether oxygens (including phenoxy) is 1. The second-order valence-corrected chi connectivity index (χ2v) is 15.9. The molecule has 0 unspecified atom stereocenters. The highest BCUT2D eigenvalue weighted by Crippen LogP contribution is 2.73. The summed E-state index contributed by atoms with van der Waals surface area (Å²) in [6.45, 7) is 10.1. The summed E-state index contributed by atoms with van der Waals surface area (Å²) in [5.41, 5.74) is 6.21. The van der Waals surface area contributed by atoms with Crippen LogP contribution in [0.5, 0.6) is 0 Å². The highest BCUT2D eigenvalue weighted by molar-refractivity contribution is 5.87. The maximum absolute atomic E-state index is 15.4. The molecule has 6 heteroatoms. The normalized spacial score (nSPS) is 40.2. The standard InChI is InChI=1S/C40H48N4O2/c1-4-37-17-10-21-43-23-19-39(35(37)43)28-13-7-8-14-29(28)41-34(39)40(25-37,36(45)46-3)31-24-44-30-15-9-6-12-26(30)27-16-22-42-20-11-18-38(31,5-2)33(42)32(27)44/h6-10,12-15,17,31,33-35,41H,4-5,11,16,18-25H2,1-3H3/t31-,33+,34-,35+,37-,38-,39+,40+/m0/s1. The van der Waals surface area contributed by atoms with E-state index in [-0.39, 0.29) is 34.2 Å². The van der Waals surface area contributed by atoms with E-state index in [4.69, 9.17) is 4.74 Å². The highest BCUT2D eigenvalue weighted by atomic mass is 16.5. The third-order valence-corrected chi connectivity index (χ3v) is 15.0. The number of carbonyl (C=O) groups excluding carboxylic acids is 1. The molecule has 6 nitrogen and oxygen atoms in total. The molecule has 1 N–H and O–H groups in total. The molecule has 3 fully saturated rings. The van der Waals surface area contributed by atoms with Crippen molar-refractivity contribution < 1.29 is 9.53 Å². The van der Waals surface area contributed by atoms with E-state index in [1.165, 1.54) is 35.0 Å². The summed E-state index contributed by atoms with van der Waals surface area (Å²) in [7, 11) is 1.67. The van der Waals surface area contributed by atoms with Gasteiger partial charge < -0.3 is 14.6 Å². The molecule has 0 radical (unpaired) electrons. The average molecular weight is 617 g/mol. The van der Waals surface area contributed by atoms with Crippen molar-refractivity contribution in [3.8, 4) is 0 Å². The third kappa shape index (κ3) is 2.98. The van der Waals surface area contributed by atoms with E-state index in [0.29, 0.717) is 12.1 Å². The van der Waals surface area contributed by atoms with Crippen LogP contribution in [0.3, 0.4) is 0 Å². The summed E-state index contributed by atoms with van der Waals surface area (Å²) in [5, 5.41) is 5.62. The fraction of sp³-hybridized carbons (Fsp3) is 0.575. The second kappa shape index (κ2) is 9.29. The number of nitrogens with one attached hydrogen (secondary N) is 1. The summed E-state index contributed by atoms with van der Waals surface area (Å²) in [6, 6.07) is 18.9. The summed E-state index contributed by atoms with van der Waals surface area (Å²) >= 11 is 0. The van der Waals surface area contributed by atoms with Crippen LogP contribution in [-0.2, 0) is 27.9 Å². The molecule has 1 aromatic heterocycles. The lowest BCUT2D eigenvalue weighted by Crippen LogP contribution is -2.74. The SMILES string of the molecule is CC[C@]12C=CCN3CC[C@]4(c5ccccc5N[C@@H]4[C@](C(=O)OC)([C@H]4Cn5c6c(c7ccccc75)CCN5CCC[C@]4(CC)[C@@H]65)C1)[C@H]32. The van der Waals surface area contributed by atoms with Crippen molar-refractivity contribution in [2.75, 3.05) is 38.6 Å². The van der Waals surface area contributed by atoms with Gasteiger partial charge in [-0.2, -0.15) is 0 Å². The number of rotatable bonds is 4.